The van der Waals surface area contributed by atoms with Crippen molar-refractivity contribution in [1.82, 2.24) is 4.90 Å². The lowest BCUT2D eigenvalue weighted by atomic mass is 10.1. The van der Waals surface area contributed by atoms with E-state index in [0.29, 0.717) is 25.2 Å². The average molecular weight is 347 g/mol. The molecule has 2 aromatic carbocycles. The van der Waals surface area contributed by atoms with Crippen molar-refractivity contribution in [1.29, 1.82) is 0 Å². The molecule has 0 radical (unpaired) electrons. The third-order valence-corrected chi connectivity index (χ3v) is 4.12. The molecule has 0 aromatic heterocycles. The number of morpholine rings is 1. The van der Waals surface area contributed by atoms with Crippen molar-refractivity contribution in [2.45, 2.75) is 25.6 Å². The van der Waals surface area contributed by atoms with Gasteiger partial charge in [0.05, 0.1) is 19.1 Å². The molecule has 0 spiro atoms. The zero-order valence-corrected chi connectivity index (χ0v) is 14.5. The van der Waals surface area contributed by atoms with Crippen molar-refractivity contribution < 1.29 is 9.53 Å². The van der Waals surface area contributed by atoms with Crippen LogP contribution >= 0.6 is 12.4 Å². The maximum absolute atomic E-state index is 12.6. The smallest absolute Gasteiger partial charge is 0.227 e. The Kier molecular flexibility index (Phi) is 6.23. The Bertz CT molecular complexity index is 661. The normalized spacial score (nSPS) is 20.3. The monoisotopic (exact) mass is 346 g/mol. The Morgan fingerprint density at radius 2 is 1.79 bits per heavy atom. The fraction of sp³-hybridized carbons (Fsp3) is 0.316. The molecule has 24 heavy (non-hydrogen) atoms. The number of nitrogens with zero attached hydrogens (tertiary/aromatic N) is 1. The summed E-state index contributed by atoms with van der Waals surface area (Å²) in [7, 11) is 0. The topological polar surface area (TPSA) is 55.6 Å². The van der Waals surface area contributed by atoms with Gasteiger partial charge >= 0.3 is 0 Å². The molecule has 1 aliphatic heterocycles. The molecule has 4 nitrogen and oxygen atoms in total. The van der Waals surface area contributed by atoms with Crippen LogP contribution in [0.5, 0.6) is 0 Å². The fourth-order valence-corrected chi connectivity index (χ4v) is 2.93. The van der Waals surface area contributed by atoms with Crippen LogP contribution in [0, 0.1) is 0 Å². The van der Waals surface area contributed by atoms with E-state index in [1.807, 2.05) is 66.4 Å². The summed E-state index contributed by atoms with van der Waals surface area (Å²) in [5.74, 6) is 0.130. The lowest BCUT2D eigenvalue weighted by Crippen LogP contribution is -2.46. The summed E-state index contributed by atoms with van der Waals surface area (Å²) >= 11 is 0. The summed E-state index contributed by atoms with van der Waals surface area (Å²) in [6, 6.07) is 17.6. The minimum Gasteiger partial charge on any atom is -0.399 e. The minimum absolute atomic E-state index is 0. The van der Waals surface area contributed by atoms with E-state index in [4.69, 9.17) is 10.5 Å². The molecular weight excluding hydrogens is 324 g/mol. The average Bonchev–Trinajstić information content (AvgIpc) is 2.57. The van der Waals surface area contributed by atoms with Crippen molar-refractivity contribution in [3.05, 3.63) is 65.7 Å². The number of carbonyl (C=O) groups is 1. The highest BCUT2D eigenvalue weighted by molar-refractivity contribution is 5.85. The van der Waals surface area contributed by atoms with E-state index in [-0.39, 0.29) is 30.5 Å². The van der Waals surface area contributed by atoms with Crippen LogP contribution in [0.2, 0.25) is 0 Å². The van der Waals surface area contributed by atoms with Crippen molar-refractivity contribution >= 4 is 24.0 Å². The highest BCUT2D eigenvalue weighted by Gasteiger charge is 2.29. The number of benzene rings is 2. The number of nitrogen functional groups attached to an aromatic ring is 1. The van der Waals surface area contributed by atoms with Crippen LogP contribution in [0.3, 0.4) is 0 Å². The fourth-order valence-electron chi connectivity index (χ4n) is 2.93. The Morgan fingerprint density at radius 1 is 1.12 bits per heavy atom. The Hall–Kier alpha value is -2.04. The Morgan fingerprint density at radius 3 is 2.46 bits per heavy atom. The quantitative estimate of drug-likeness (QED) is 0.868. The lowest BCUT2D eigenvalue weighted by Gasteiger charge is -2.37. The number of carbonyl (C=O) groups excluding carboxylic acids is 1. The van der Waals surface area contributed by atoms with Crippen LogP contribution in [0.4, 0.5) is 5.69 Å². The molecule has 1 fully saturated rings. The second-order valence-electron chi connectivity index (χ2n) is 6.06. The molecule has 0 saturated carbocycles. The van der Waals surface area contributed by atoms with Crippen LogP contribution in [0.25, 0.3) is 0 Å². The van der Waals surface area contributed by atoms with E-state index < -0.39 is 0 Å². The first-order valence-corrected chi connectivity index (χ1v) is 7.94. The molecule has 128 valence electrons. The SMILES string of the molecule is CC1CN(C(=O)Cc2ccc(N)cc2)CC(c2ccccc2)O1.Cl. The largest absolute Gasteiger partial charge is 0.399 e. The maximum Gasteiger partial charge on any atom is 0.227 e. The Labute approximate surface area is 149 Å². The molecular formula is C19H23ClN2O2. The van der Waals surface area contributed by atoms with Gasteiger partial charge in [0.15, 0.2) is 0 Å². The van der Waals surface area contributed by atoms with Gasteiger partial charge in [-0.3, -0.25) is 4.79 Å². The summed E-state index contributed by atoms with van der Waals surface area (Å²) in [6.07, 6.45) is 0.369. The van der Waals surface area contributed by atoms with Crippen LogP contribution in [0.1, 0.15) is 24.2 Å². The molecule has 0 aliphatic carbocycles. The molecule has 2 unspecified atom stereocenters. The van der Waals surface area contributed by atoms with Crippen molar-refractivity contribution in [3.8, 4) is 0 Å². The lowest BCUT2D eigenvalue weighted by molar-refractivity contribution is -0.144. The van der Waals surface area contributed by atoms with Crippen LogP contribution in [-0.4, -0.2) is 30.0 Å². The first-order valence-electron chi connectivity index (χ1n) is 7.94. The number of halogens is 1. The van der Waals surface area contributed by atoms with Gasteiger partial charge in [0, 0.05) is 12.2 Å². The molecule has 0 bridgehead atoms. The molecule has 2 atom stereocenters. The van der Waals surface area contributed by atoms with E-state index in [0.717, 1.165) is 11.1 Å². The van der Waals surface area contributed by atoms with E-state index in [1.54, 1.807) is 0 Å². The standard InChI is InChI=1S/C19H22N2O2.ClH/c1-14-12-21(13-18(23-14)16-5-3-2-4-6-16)19(22)11-15-7-9-17(20)10-8-15;/h2-10,14,18H,11-13,20H2,1H3;1H. The second kappa shape index (κ2) is 8.18. The maximum atomic E-state index is 12.6. The van der Waals surface area contributed by atoms with Gasteiger partial charge in [0.1, 0.15) is 6.10 Å². The van der Waals surface area contributed by atoms with Gasteiger partial charge in [-0.25, -0.2) is 0 Å². The highest BCUT2D eigenvalue weighted by atomic mass is 35.5. The van der Waals surface area contributed by atoms with Gasteiger partial charge < -0.3 is 15.4 Å². The molecule has 1 aliphatic rings. The number of nitrogens with two attached hydrogens (primary N) is 1. The molecule has 5 heteroatoms. The summed E-state index contributed by atoms with van der Waals surface area (Å²) < 4.78 is 6.01. The number of rotatable bonds is 3. The van der Waals surface area contributed by atoms with E-state index in [9.17, 15) is 4.79 Å². The van der Waals surface area contributed by atoms with Crippen molar-refractivity contribution in [2.75, 3.05) is 18.8 Å². The minimum atomic E-state index is -0.0599. The number of amides is 1. The van der Waals surface area contributed by atoms with Gasteiger partial charge in [-0.2, -0.15) is 0 Å². The zero-order chi connectivity index (χ0) is 16.2. The summed E-state index contributed by atoms with van der Waals surface area (Å²) in [5.41, 5.74) is 8.50. The van der Waals surface area contributed by atoms with Gasteiger partial charge in [0.2, 0.25) is 5.91 Å². The zero-order valence-electron chi connectivity index (χ0n) is 13.7. The predicted molar refractivity (Wildman–Crippen MR) is 98.1 cm³/mol. The van der Waals surface area contributed by atoms with Crippen LogP contribution in [-0.2, 0) is 16.0 Å². The van der Waals surface area contributed by atoms with Gasteiger partial charge in [0.25, 0.3) is 0 Å². The van der Waals surface area contributed by atoms with Crippen molar-refractivity contribution in [2.24, 2.45) is 0 Å². The third-order valence-electron chi connectivity index (χ3n) is 4.12. The van der Waals surface area contributed by atoms with Gasteiger partial charge in [-0.15, -0.1) is 12.4 Å². The summed E-state index contributed by atoms with van der Waals surface area (Å²) in [4.78, 5) is 14.5. The Balaban J connectivity index is 0.00000208. The molecule has 2 N–H and O–H groups in total. The molecule has 1 amide bonds. The number of anilines is 1. The third kappa shape index (κ3) is 4.49. The molecule has 1 heterocycles. The summed E-state index contributed by atoms with van der Waals surface area (Å²) in [5, 5.41) is 0. The van der Waals surface area contributed by atoms with E-state index >= 15 is 0 Å². The number of hydrogen-bond acceptors (Lipinski definition) is 3. The van der Waals surface area contributed by atoms with Crippen LogP contribution in [0.15, 0.2) is 54.6 Å². The van der Waals surface area contributed by atoms with Crippen molar-refractivity contribution in [3.63, 3.8) is 0 Å². The number of ether oxygens (including phenoxy) is 1. The van der Waals surface area contributed by atoms with Gasteiger partial charge in [-0.05, 0) is 30.2 Å². The van der Waals surface area contributed by atoms with E-state index in [1.165, 1.54) is 0 Å². The molecule has 1 saturated heterocycles. The van der Waals surface area contributed by atoms with Crippen LogP contribution < -0.4 is 5.73 Å². The first kappa shape index (κ1) is 18.3. The van der Waals surface area contributed by atoms with Gasteiger partial charge in [-0.1, -0.05) is 42.5 Å². The molecule has 2 aromatic rings. The van der Waals surface area contributed by atoms with E-state index in [2.05, 4.69) is 0 Å². The summed E-state index contributed by atoms with van der Waals surface area (Å²) in [6.45, 7) is 3.25. The predicted octanol–water partition coefficient (Wildman–Crippen LogP) is 3.22. The second-order valence-corrected chi connectivity index (χ2v) is 6.06. The molecule has 3 rings (SSSR count). The highest BCUT2D eigenvalue weighted by Crippen LogP contribution is 2.25. The first-order chi connectivity index (χ1) is 11.1. The number of hydrogen-bond donors (Lipinski definition) is 1.